The van der Waals surface area contributed by atoms with E-state index in [1.54, 1.807) is 6.20 Å². The van der Waals surface area contributed by atoms with Crippen LogP contribution in [0.4, 0.5) is 5.69 Å². The molecule has 3 heterocycles. The van der Waals surface area contributed by atoms with Crippen molar-refractivity contribution in [1.29, 1.82) is 0 Å². The molecule has 0 aromatic carbocycles. The molecule has 6 heteroatoms. The predicted molar refractivity (Wildman–Crippen MR) is 89.5 cm³/mol. The molecule has 3 aromatic heterocycles. The van der Waals surface area contributed by atoms with E-state index in [-0.39, 0.29) is 0 Å². The smallest absolute Gasteiger partial charge is 0.139 e. The maximum Gasteiger partial charge on any atom is 0.139 e. The third-order valence-electron chi connectivity index (χ3n) is 4.07. The van der Waals surface area contributed by atoms with Gasteiger partial charge in [0.25, 0.3) is 0 Å². The predicted octanol–water partition coefficient (Wildman–Crippen LogP) is 2.35. The van der Waals surface area contributed by atoms with Crippen LogP contribution in [-0.2, 0) is 6.54 Å². The van der Waals surface area contributed by atoms with Gasteiger partial charge in [0.1, 0.15) is 5.65 Å². The van der Waals surface area contributed by atoms with Gasteiger partial charge in [0.2, 0.25) is 0 Å². The highest BCUT2D eigenvalue weighted by molar-refractivity contribution is 5.91. The molecule has 0 unspecified atom stereocenters. The van der Waals surface area contributed by atoms with Crippen molar-refractivity contribution in [2.45, 2.75) is 20.4 Å². The van der Waals surface area contributed by atoms with Crippen LogP contribution in [0.5, 0.6) is 0 Å². The summed E-state index contributed by atoms with van der Waals surface area (Å²) in [5, 5.41) is 5.40. The number of nitrogens with zero attached hydrogens (tertiary/aromatic N) is 4. The second kappa shape index (κ2) is 6.19. The van der Waals surface area contributed by atoms with Gasteiger partial charge in [-0.15, -0.1) is 0 Å². The molecule has 116 valence electrons. The lowest BCUT2D eigenvalue weighted by molar-refractivity contribution is 0.285. The number of fused-ring (bicyclic) bond motifs is 1. The molecule has 0 saturated carbocycles. The minimum Gasteiger partial charge on any atom is -0.397 e. The largest absolute Gasteiger partial charge is 0.397 e. The summed E-state index contributed by atoms with van der Waals surface area (Å²) in [6.07, 6.45) is 7.57. The van der Waals surface area contributed by atoms with Crippen molar-refractivity contribution in [3.8, 4) is 11.1 Å². The molecular weight excluding hydrogens is 276 g/mol. The standard InChI is InChI=1S/C16H22N6/c1-3-21(4-2)5-6-22-11-13(9-20-22)12-7-14-15(17)10-19-16(14)18-8-12/h7-11H,3-6,17H2,1-2H3,(H,18,19). The molecule has 0 aliphatic rings. The molecule has 0 bridgehead atoms. The molecule has 0 radical (unpaired) electrons. The summed E-state index contributed by atoms with van der Waals surface area (Å²) in [4.78, 5) is 9.85. The number of hydrogen-bond acceptors (Lipinski definition) is 4. The van der Waals surface area contributed by atoms with Crippen molar-refractivity contribution in [3.05, 3.63) is 30.9 Å². The van der Waals surface area contributed by atoms with Gasteiger partial charge in [0.05, 0.1) is 18.4 Å². The minimum absolute atomic E-state index is 0.721. The summed E-state index contributed by atoms with van der Waals surface area (Å²) in [6, 6.07) is 2.06. The van der Waals surface area contributed by atoms with Crippen LogP contribution < -0.4 is 5.73 Å². The molecule has 0 aliphatic heterocycles. The summed E-state index contributed by atoms with van der Waals surface area (Å²) >= 11 is 0. The fourth-order valence-corrected chi connectivity index (χ4v) is 2.60. The average molecular weight is 298 g/mol. The highest BCUT2D eigenvalue weighted by Crippen LogP contribution is 2.25. The van der Waals surface area contributed by atoms with E-state index in [0.29, 0.717) is 0 Å². The fourth-order valence-electron chi connectivity index (χ4n) is 2.60. The van der Waals surface area contributed by atoms with Crippen LogP contribution in [0, 0.1) is 0 Å². The lowest BCUT2D eigenvalue weighted by Gasteiger charge is -2.17. The molecule has 3 rings (SSSR count). The van der Waals surface area contributed by atoms with Gasteiger partial charge in [-0.05, 0) is 19.2 Å². The summed E-state index contributed by atoms with van der Waals surface area (Å²) in [5.41, 5.74) is 9.58. The number of nitrogens with two attached hydrogens (primary N) is 1. The van der Waals surface area contributed by atoms with E-state index in [9.17, 15) is 0 Å². The number of anilines is 1. The second-order valence-corrected chi connectivity index (χ2v) is 5.38. The van der Waals surface area contributed by atoms with Crippen molar-refractivity contribution in [2.24, 2.45) is 0 Å². The number of aromatic amines is 1. The molecule has 0 spiro atoms. The van der Waals surface area contributed by atoms with Crippen LogP contribution in [0.3, 0.4) is 0 Å². The summed E-state index contributed by atoms with van der Waals surface area (Å²) in [6.45, 7) is 8.40. The van der Waals surface area contributed by atoms with Crippen molar-refractivity contribution < 1.29 is 0 Å². The van der Waals surface area contributed by atoms with E-state index >= 15 is 0 Å². The Morgan fingerprint density at radius 3 is 2.82 bits per heavy atom. The molecule has 0 aliphatic carbocycles. The van der Waals surface area contributed by atoms with Crippen LogP contribution in [0.15, 0.2) is 30.9 Å². The number of aromatic nitrogens is 4. The van der Waals surface area contributed by atoms with Gasteiger partial charge < -0.3 is 15.6 Å². The number of H-pyrrole nitrogens is 1. The first-order chi connectivity index (χ1) is 10.7. The maximum absolute atomic E-state index is 5.94. The first kappa shape index (κ1) is 14.6. The fraction of sp³-hybridized carbons (Fsp3) is 0.375. The third-order valence-corrected chi connectivity index (χ3v) is 4.07. The van der Waals surface area contributed by atoms with Crippen LogP contribution in [0.1, 0.15) is 13.8 Å². The Labute approximate surface area is 129 Å². The molecular formula is C16H22N6. The maximum atomic E-state index is 5.94. The van der Waals surface area contributed by atoms with Gasteiger partial charge in [-0.3, -0.25) is 4.68 Å². The monoisotopic (exact) mass is 298 g/mol. The highest BCUT2D eigenvalue weighted by Gasteiger charge is 2.07. The number of nitrogens with one attached hydrogen (secondary N) is 1. The lowest BCUT2D eigenvalue weighted by Crippen LogP contribution is -2.27. The van der Waals surface area contributed by atoms with Crippen molar-refractivity contribution in [2.75, 3.05) is 25.4 Å². The normalized spacial score (nSPS) is 11.6. The molecule has 0 fully saturated rings. The number of hydrogen-bond donors (Lipinski definition) is 2. The van der Waals surface area contributed by atoms with Crippen LogP contribution >= 0.6 is 0 Å². The van der Waals surface area contributed by atoms with E-state index < -0.39 is 0 Å². The Morgan fingerprint density at radius 1 is 1.23 bits per heavy atom. The SMILES string of the molecule is CCN(CC)CCn1cc(-c2cnc3[nH]cc(N)c3c2)cn1. The Morgan fingerprint density at radius 2 is 2.05 bits per heavy atom. The Hall–Kier alpha value is -2.34. The number of pyridine rings is 1. The number of nitrogen functional groups attached to an aromatic ring is 1. The molecule has 3 aromatic rings. The third kappa shape index (κ3) is 2.82. The highest BCUT2D eigenvalue weighted by atomic mass is 15.3. The molecule has 0 amide bonds. The van der Waals surface area contributed by atoms with Gasteiger partial charge in [-0.25, -0.2) is 4.98 Å². The second-order valence-electron chi connectivity index (χ2n) is 5.38. The summed E-state index contributed by atoms with van der Waals surface area (Å²) in [7, 11) is 0. The zero-order valence-electron chi connectivity index (χ0n) is 13.1. The quantitative estimate of drug-likeness (QED) is 0.732. The Bertz CT molecular complexity index is 753. The Kier molecular flexibility index (Phi) is 4.11. The van der Waals surface area contributed by atoms with Crippen LogP contribution in [0.2, 0.25) is 0 Å². The Balaban J connectivity index is 1.78. The molecule has 6 nitrogen and oxygen atoms in total. The summed E-state index contributed by atoms with van der Waals surface area (Å²) < 4.78 is 1.98. The van der Waals surface area contributed by atoms with E-state index in [2.05, 4.69) is 46.1 Å². The number of likely N-dealkylation sites (N-methyl/N-ethyl adjacent to an activating group) is 1. The molecule has 22 heavy (non-hydrogen) atoms. The molecule has 3 N–H and O–H groups in total. The lowest BCUT2D eigenvalue weighted by atomic mass is 10.1. The summed E-state index contributed by atoms with van der Waals surface area (Å²) in [5.74, 6) is 0. The van der Waals surface area contributed by atoms with E-state index in [1.165, 1.54) is 0 Å². The zero-order valence-corrected chi connectivity index (χ0v) is 13.1. The van der Waals surface area contributed by atoms with Gasteiger partial charge >= 0.3 is 0 Å². The van der Waals surface area contributed by atoms with E-state index in [1.807, 2.05) is 17.1 Å². The van der Waals surface area contributed by atoms with Crippen LogP contribution in [0.25, 0.3) is 22.2 Å². The van der Waals surface area contributed by atoms with E-state index in [4.69, 9.17) is 5.73 Å². The van der Waals surface area contributed by atoms with Gasteiger partial charge in [0, 0.05) is 41.6 Å². The van der Waals surface area contributed by atoms with Crippen LogP contribution in [-0.4, -0.2) is 44.3 Å². The van der Waals surface area contributed by atoms with Gasteiger partial charge in [0.15, 0.2) is 0 Å². The average Bonchev–Trinajstić information content (AvgIpc) is 3.15. The molecule has 0 saturated heterocycles. The van der Waals surface area contributed by atoms with Crippen molar-refractivity contribution in [3.63, 3.8) is 0 Å². The van der Waals surface area contributed by atoms with Crippen molar-refractivity contribution >= 4 is 16.7 Å². The van der Waals surface area contributed by atoms with E-state index in [0.717, 1.165) is 54.0 Å². The first-order valence-electron chi connectivity index (χ1n) is 7.69. The molecule has 0 atom stereocenters. The minimum atomic E-state index is 0.721. The first-order valence-corrected chi connectivity index (χ1v) is 7.69. The number of rotatable bonds is 6. The van der Waals surface area contributed by atoms with Crippen molar-refractivity contribution in [1.82, 2.24) is 24.6 Å². The topological polar surface area (TPSA) is 75.8 Å². The van der Waals surface area contributed by atoms with Gasteiger partial charge in [-0.1, -0.05) is 13.8 Å². The zero-order chi connectivity index (χ0) is 15.5. The van der Waals surface area contributed by atoms with Gasteiger partial charge in [-0.2, -0.15) is 5.10 Å².